The molecule has 5 nitrogen and oxygen atoms in total. The van der Waals surface area contributed by atoms with Gasteiger partial charge in [0, 0.05) is 18.8 Å². The molecule has 108 valence electrons. The molecule has 1 unspecified atom stereocenters. The number of anilines is 1. The lowest BCUT2D eigenvalue weighted by Crippen LogP contribution is -2.32. The van der Waals surface area contributed by atoms with Gasteiger partial charge in [-0.25, -0.2) is 13.1 Å². The van der Waals surface area contributed by atoms with Gasteiger partial charge in [-0.15, -0.1) is 0 Å². The van der Waals surface area contributed by atoms with Gasteiger partial charge in [-0.05, 0) is 51.0 Å². The number of hydrogen-bond donors (Lipinski definition) is 2. The summed E-state index contributed by atoms with van der Waals surface area (Å²) in [5.74, 6) is 0. The molecule has 1 aromatic rings. The molecule has 0 heterocycles. The highest BCUT2D eigenvalue weighted by Gasteiger charge is 2.17. The molecular weight excluding hydrogens is 264 g/mol. The Balaban J connectivity index is 2.89. The van der Waals surface area contributed by atoms with Gasteiger partial charge in [0.15, 0.2) is 0 Å². The van der Waals surface area contributed by atoms with Gasteiger partial charge in [-0.3, -0.25) is 0 Å². The second-order valence-corrected chi connectivity index (χ2v) is 6.34. The van der Waals surface area contributed by atoms with Crippen molar-refractivity contribution in [3.05, 3.63) is 23.3 Å². The fourth-order valence-corrected chi connectivity index (χ4v) is 2.90. The third kappa shape index (κ3) is 4.19. The molecule has 0 saturated carbocycles. The lowest BCUT2D eigenvalue weighted by atomic mass is 10.1. The molecule has 0 radical (unpaired) electrons. The van der Waals surface area contributed by atoms with Gasteiger partial charge < -0.3 is 10.5 Å². The molecule has 1 aromatic carbocycles. The van der Waals surface area contributed by atoms with Gasteiger partial charge in [0.1, 0.15) is 0 Å². The number of sulfonamides is 1. The highest BCUT2D eigenvalue weighted by atomic mass is 32.2. The zero-order valence-electron chi connectivity index (χ0n) is 11.9. The third-order valence-corrected chi connectivity index (χ3v) is 4.41. The Morgan fingerprint density at radius 3 is 2.53 bits per heavy atom. The number of nitrogens with one attached hydrogen (secondary N) is 1. The molecule has 3 N–H and O–H groups in total. The van der Waals surface area contributed by atoms with Crippen LogP contribution in [-0.4, -0.2) is 27.7 Å². The monoisotopic (exact) mass is 286 g/mol. The van der Waals surface area contributed by atoms with E-state index >= 15 is 0 Å². The lowest BCUT2D eigenvalue weighted by molar-refractivity contribution is 0.0799. The SMILES string of the molecule is CCOC(C)CNS(=O)(=O)c1cc(C)c(C)c(N)c1. The summed E-state index contributed by atoms with van der Waals surface area (Å²) in [5.41, 5.74) is 8.05. The number of rotatable bonds is 6. The van der Waals surface area contributed by atoms with Crippen molar-refractivity contribution in [2.45, 2.75) is 38.7 Å². The zero-order valence-corrected chi connectivity index (χ0v) is 12.7. The Bertz CT molecular complexity index is 518. The van der Waals surface area contributed by atoms with Gasteiger partial charge in [-0.1, -0.05) is 0 Å². The second-order valence-electron chi connectivity index (χ2n) is 4.57. The molecule has 0 spiro atoms. The Morgan fingerprint density at radius 1 is 1.37 bits per heavy atom. The Labute approximate surface area is 115 Å². The van der Waals surface area contributed by atoms with E-state index in [1.54, 1.807) is 6.07 Å². The predicted molar refractivity (Wildman–Crippen MR) is 76.6 cm³/mol. The van der Waals surface area contributed by atoms with Crippen molar-refractivity contribution in [3.63, 3.8) is 0 Å². The van der Waals surface area contributed by atoms with Crippen LogP contribution in [-0.2, 0) is 14.8 Å². The van der Waals surface area contributed by atoms with Gasteiger partial charge >= 0.3 is 0 Å². The average Bonchev–Trinajstić information content (AvgIpc) is 2.33. The van der Waals surface area contributed by atoms with E-state index in [0.29, 0.717) is 12.3 Å². The van der Waals surface area contributed by atoms with Crippen molar-refractivity contribution >= 4 is 15.7 Å². The quantitative estimate of drug-likeness (QED) is 0.778. The van der Waals surface area contributed by atoms with Crippen molar-refractivity contribution in [1.82, 2.24) is 4.72 Å². The number of nitrogen functional groups attached to an aromatic ring is 1. The maximum Gasteiger partial charge on any atom is 0.240 e. The molecule has 1 atom stereocenters. The first kappa shape index (κ1) is 15.9. The largest absolute Gasteiger partial charge is 0.398 e. The van der Waals surface area contributed by atoms with Crippen LogP contribution in [0, 0.1) is 13.8 Å². The molecule has 0 aliphatic heterocycles. The number of nitrogens with two attached hydrogens (primary N) is 1. The summed E-state index contributed by atoms with van der Waals surface area (Å²) in [6, 6.07) is 3.11. The van der Waals surface area contributed by atoms with Crippen molar-refractivity contribution in [2.24, 2.45) is 0 Å². The molecule has 0 fully saturated rings. The number of hydrogen-bond acceptors (Lipinski definition) is 4. The van der Waals surface area contributed by atoms with Crippen molar-refractivity contribution in [2.75, 3.05) is 18.9 Å². The summed E-state index contributed by atoms with van der Waals surface area (Å²) < 4.78 is 32.1. The highest BCUT2D eigenvalue weighted by Crippen LogP contribution is 2.21. The second kappa shape index (κ2) is 6.36. The summed E-state index contributed by atoms with van der Waals surface area (Å²) in [6.07, 6.45) is -0.163. The van der Waals surface area contributed by atoms with Gasteiger partial charge in [0.05, 0.1) is 11.0 Å². The summed E-state index contributed by atoms with van der Waals surface area (Å²) in [7, 11) is -3.55. The van der Waals surface area contributed by atoms with Crippen LogP contribution in [0.25, 0.3) is 0 Å². The zero-order chi connectivity index (χ0) is 14.6. The first-order chi connectivity index (χ1) is 8.77. The summed E-state index contributed by atoms with van der Waals surface area (Å²) in [4.78, 5) is 0.191. The molecule has 1 rings (SSSR count). The van der Waals surface area contributed by atoms with E-state index in [9.17, 15) is 8.42 Å². The van der Waals surface area contributed by atoms with E-state index in [2.05, 4.69) is 4.72 Å². The average molecular weight is 286 g/mol. The van der Waals surface area contributed by atoms with E-state index in [-0.39, 0.29) is 17.5 Å². The van der Waals surface area contributed by atoms with Crippen LogP contribution in [0.2, 0.25) is 0 Å². The van der Waals surface area contributed by atoms with E-state index in [0.717, 1.165) is 11.1 Å². The number of aryl methyl sites for hydroxylation is 1. The summed E-state index contributed by atoms with van der Waals surface area (Å²) in [6.45, 7) is 8.19. The van der Waals surface area contributed by atoms with E-state index < -0.39 is 10.0 Å². The maximum absolute atomic E-state index is 12.1. The fraction of sp³-hybridized carbons (Fsp3) is 0.538. The predicted octanol–water partition coefficient (Wildman–Crippen LogP) is 1.59. The Kier molecular flexibility index (Phi) is 5.34. The minimum absolute atomic E-state index is 0.163. The maximum atomic E-state index is 12.1. The standard InChI is InChI=1S/C13H22N2O3S/c1-5-18-10(3)8-15-19(16,17)12-6-9(2)11(4)13(14)7-12/h6-7,10,15H,5,8,14H2,1-4H3. The van der Waals surface area contributed by atoms with Gasteiger partial charge in [-0.2, -0.15) is 0 Å². The molecule has 6 heteroatoms. The van der Waals surface area contributed by atoms with E-state index in [1.807, 2.05) is 27.7 Å². The Morgan fingerprint density at radius 2 is 2.00 bits per heavy atom. The lowest BCUT2D eigenvalue weighted by Gasteiger charge is -2.14. The van der Waals surface area contributed by atoms with Crippen LogP contribution >= 0.6 is 0 Å². The molecule has 0 saturated heterocycles. The van der Waals surface area contributed by atoms with Gasteiger partial charge in [0.2, 0.25) is 10.0 Å². The first-order valence-corrected chi connectivity index (χ1v) is 7.74. The fourth-order valence-electron chi connectivity index (χ4n) is 1.66. The summed E-state index contributed by atoms with van der Waals surface area (Å²) in [5, 5.41) is 0. The van der Waals surface area contributed by atoms with E-state index in [4.69, 9.17) is 10.5 Å². The number of ether oxygens (including phenoxy) is 1. The van der Waals surface area contributed by atoms with Crippen LogP contribution < -0.4 is 10.5 Å². The third-order valence-electron chi connectivity index (χ3n) is 3.00. The van der Waals surface area contributed by atoms with Crippen molar-refractivity contribution in [1.29, 1.82) is 0 Å². The van der Waals surface area contributed by atoms with Crippen LogP contribution in [0.15, 0.2) is 17.0 Å². The smallest absolute Gasteiger partial charge is 0.240 e. The molecule has 19 heavy (non-hydrogen) atoms. The summed E-state index contributed by atoms with van der Waals surface area (Å²) >= 11 is 0. The molecule has 0 aliphatic carbocycles. The van der Waals surface area contributed by atoms with Crippen LogP contribution in [0.3, 0.4) is 0 Å². The Hall–Kier alpha value is -1.11. The van der Waals surface area contributed by atoms with E-state index in [1.165, 1.54) is 6.07 Å². The highest BCUT2D eigenvalue weighted by molar-refractivity contribution is 7.89. The topological polar surface area (TPSA) is 81.4 Å². The molecule has 0 aliphatic rings. The normalized spacial score (nSPS) is 13.5. The van der Waals surface area contributed by atoms with Crippen molar-refractivity contribution in [3.8, 4) is 0 Å². The van der Waals surface area contributed by atoms with Crippen molar-refractivity contribution < 1.29 is 13.2 Å². The molecule has 0 amide bonds. The minimum atomic E-state index is -3.55. The first-order valence-electron chi connectivity index (χ1n) is 6.26. The van der Waals surface area contributed by atoms with Crippen LogP contribution in [0.4, 0.5) is 5.69 Å². The van der Waals surface area contributed by atoms with Gasteiger partial charge in [0.25, 0.3) is 0 Å². The van der Waals surface area contributed by atoms with Crippen LogP contribution in [0.1, 0.15) is 25.0 Å². The van der Waals surface area contributed by atoms with Crippen LogP contribution in [0.5, 0.6) is 0 Å². The molecule has 0 bridgehead atoms. The molecule has 0 aromatic heterocycles. The number of benzene rings is 1. The minimum Gasteiger partial charge on any atom is -0.398 e. The molecular formula is C13H22N2O3S.